The van der Waals surface area contributed by atoms with Crippen LogP contribution >= 0.6 is 11.8 Å². The van der Waals surface area contributed by atoms with Crippen molar-refractivity contribution in [3.63, 3.8) is 0 Å². The summed E-state index contributed by atoms with van der Waals surface area (Å²) in [5, 5.41) is 2.98. The van der Waals surface area contributed by atoms with Gasteiger partial charge >= 0.3 is 6.03 Å². The first-order valence-corrected chi connectivity index (χ1v) is 10.9. The van der Waals surface area contributed by atoms with Gasteiger partial charge in [-0.3, -0.25) is 0 Å². The van der Waals surface area contributed by atoms with Gasteiger partial charge in [0.25, 0.3) is 0 Å². The molecule has 0 saturated carbocycles. The zero-order valence-corrected chi connectivity index (χ0v) is 18.5. The normalized spacial score (nSPS) is 13.9. The molecule has 1 heterocycles. The maximum Gasteiger partial charge on any atom is 0.355 e. The van der Waals surface area contributed by atoms with Gasteiger partial charge in [0, 0.05) is 17.7 Å². The van der Waals surface area contributed by atoms with Crippen LogP contribution in [0, 0.1) is 20.8 Å². The first kappa shape index (κ1) is 20.5. The third-order valence-corrected chi connectivity index (χ3v) is 6.53. The number of nitrogens with one attached hydrogen (secondary N) is 2. The van der Waals surface area contributed by atoms with Crippen molar-refractivity contribution in [1.82, 2.24) is 16.1 Å². The van der Waals surface area contributed by atoms with Gasteiger partial charge in [-0.05, 0) is 60.7 Å². The molecule has 0 radical (unpaired) electrons. The van der Waals surface area contributed by atoms with E-state index < -0.39 is 0 Å². The molecule has 154 valence electrons. The molecule has 0 aromatic heterocycles. The number of hydrogen-bond acceptors (Lipinski definition) is 4. The molecule has 2 amide bonds. The highest BCUT2D eigenvalue weighted by atomic mass is 32.2. The Morgan fingerprint density at radius 3 is 2.33 bits per heavy atom. The number of hydrogen-bond donors (Lipinski definition) is 2. The Morgan fingerprint density at radius 2 is 1.63 bits per heavy atom. The van der Waals surface area contributed by atoms with Crippen LogP contribution in [0.4, 0.5) is 10.5 Å². The number of urea groups is 1. The Balaban J connectivity index is 1.56. The van der Waals surface area contributed by atoms with Crippen LogP contribution in [0.2, 0.25) is 0 Å². The average Bonchev–Trinajstić information content (AvgIpc) is 3.06. The number of anilines is 1. The van der Waals surface area contributed by atoms with Gasteiger partial charge in [-0.2, -0.15) is 0 Å². The summed E-state index contributed by atoms with van der Waals surface area (Å²) in [6.07, 6.45) is 0. The average molecular weight is 419 g/mol. The van der Waals surface area contributed by atoms with E-state index in [1.54, 1.807) is 23.8 Å². The molecule has 1 aliphatic heterocycles. The first-order chi connectivity index (χ1) is 14.4. The lowest BCUT2D eigenvalue weighted by Gasteiger charge is -2.20. The smallest absolute Gasteiger partial charge is 0.246 e. The Kier molecular flexibility index (Phi) is 5.81. The molecule has 3 aromatic carbocycles. The van der Waals surface area contributed by atoms with Crippen molar-refractivity contribution in [1.29, 1.82) is 0 Å². The Labute approximate surface area is 182 Å². The molecule has 3 aromatic rings. The predicted molar refractivity (Wildman–Crippen MR) is 124 cm³/mol. The fourth-order valence-corrected chi connectivity index (χ4v) is 4.71. The molecular weight excluding hydrogens is 392 g/mol. The molecule has 0 atom stereocenters. The van der Waals surface area contributed by atoms with Crippen LogP contribution in [0.15, 0.2) is 65.6 Å². The number of carbonyl (C=O) groups is 1. The topological polar surface area (TPSA) is 47.6 Å². The van der Waals surface area contributed by atoms with Gasteiger partial charge in [0.15, 0.2) is 0 Å². The Morgan fingerprint density at radius 1 is 0.867 bits per heavy atom. The fraction of sp³-hybridized carbons (Fsp3) is 0.208. The van der Waals surface area contributed by atoms with E-state index in [0.29, 0.717) is 0 Å². The van der Waals surface area contributed by atoms with Crippen molar-refractivity contribution >= 4 is 23.5 Å². The summed E-state index contributed by atoms with van der Waals surface area (Å²) in [6.45, 7) is 6.36. The summed E-state index contributed by atoms with van der Waals surface area (Å²) in [5.74, 6) is 0.780. The molecule has 1 saturated heterocycles. The van der Waals surface area contributed by atoms with Crippen LogP contribution in [0.1, 0.15) is 22.3 Å². The van der Waals surface area contributed by atoms with E-state index >= 15 is 0 Å². The van der Waals surface area contributed by atoms with Crippen LogP contribution < -0.4 is 16.1 Å². The predicted octanol–water partition coefficient (Wildman–Crippen LogP) is 5.37. The Hall–Kier alpha value is -2.80. The second-order valence-electron chi connectivity index (χ2n) is 7.61. The molecule has 6 heteroatoms. The van der Waals surface area contributed by atoms with E-state index in [0.717, 1.165) is 22.6 Å². The number of aryl methyl sites for hydroxylation is 3. The van der Waals surface area contributed by atoms with Gasteiger partial charge in [-0.25, -0.2) is 14.8 Å². The van der Waals surface area contributed by atoms with E-state index in [1.165, 1.54) is 32.2 Å². The van der Waals surface area contributed by atoms with Crippen LogP contribution in [0.5, 0.6) is 0 Å². The molecule has 4 rings (SSSR count). The van der Waals surface area contributed by atoms with Crippen LogP contribution in [-0.2, 0) is 5.75 Å². The monoisotopic (exact) mass is 418 g/mol. The summed E-state index contributed by atoms with van der Waals surface area (Å²) in [6, 6.07) is 21.1. The molecule has 1 aliphatic rings. The number of nitrogens with zero attached hydrogens (tertiary/aromatic N) is 2. The minimum atomic E-state index is -0.134. The molecule has 5 nitrogen and oxygen atoms in total. The summed E-state index contributed by atoms with van der Waals surface area (Å²) < 4.78 is 0. The second kappa shape index (κ2) is 8.52. The number of amides is 2. The van der Waals surface area contributed by atoms with Crippen molar-refractivity contribution in [2.45, 2.75) is 31.4 Å². The number of thioether (sulfide) groups is 1. The van der Waals surface area contributed by atoms with Gasteiger partial charge < -0.3 is 0 Å². The van der Waals surface area contributed by atoms with Crippen molar-refractivity contribution in [2.24, 2.45) is 0 Å². The van der Waals surface area contributed by atoms with E-state index in [2.05, 4.69) is 80.4 Å². The zero-order valence-electron chi connectivity index (χ0n) is 17.7. The quantitative estimate of drug-likeness (QED) is 0.547. The van der Waals surface area contributed by atoms with Gasteiger partial charge in [-0.1, -0.05) is 54.1 Å². The summed E-state index contributed by atoms with van der Waals surface area (Å²) >= 11 is 1.80. The molecule has 30 heavy (non-hydrogen) atoms. The number of benzene rings is 3. The standard InChI is InChI=1S/C24H26N4OS/c1-16-7-5-9-19(13-16)20-11-12-23(18(3)14-20)30-15-21-17(2)8-6-10-22(21)28-24(29)27(4)25-26-28/h5-14,25-26H,15H2,1-4H3. The van der Waals surface area contributed by atoms with Crippen molar-refractivity contribution in [3.05, 3.63) is 82.9 Å². The summed E-state index contributed by atoms with van der Waals surface area (Å²) in [5.41, 5.74) is 13.9. The SMILES string of the molecule is Cc1cccc(-c2ccc(SCc3c(C)cccc3N3NNN(C)C3=O)c(C)c2)c1. The maximum absolute atomic E-state index is 12.4. The molecule has 2 N–H and O–H groups in total. The van der Waals surface area contributed by atoms with Gasteiger partial charge in [0.05, 0.1) is 5.69 Å². The van der Waals surface area contributed by atoms with Crippen molar-refractivity contribution in [2.75, 3.05) is 12.1 Å². The van der Waals surface area contributed by atoms with Gasteiger partial charge in [-0.15, -0.1) is 22.8 Å². The molecule has 0 aliphatic carbocycles. The minimum Gasteiger partial charge on any atom is -0.246 e. The number of carbonyl (C=O) groups excluding carboxylic acids is 1. The van der Waals surface area contributed by atoms with Crippen LogP contribution in [-0.4, -0.2) is 18.1 Å². The lowest BCUT2D eigenvalue weighted by atomic mass is 10.0. The summed E-state index contributed by atoms with van der Waals surface area (Å²) in [7, 11) is 1.69. The summed E-state index contributed by atoms with van der Waals surface area (Å²) in [4.78, 5) is 13.7. The third-order valence-electron chi connectivity index (χ3n) is 5.33. The van der Waals surface area contributed by atoms with E-state index in [1.807, 2.05) is 12.1 Å². The zero-order chi connectivity index (χ0) is 21.3. The Bertz CT molecular complexity index is 1100. The largest absolute Gasteiger partial charge is 0.355 e. The fourth-order valence-electron chi connectivity index (χ4n) is 3.58. The maximum atomic E-state index is 12.4. The van der Waals surface area contributed by atoms with Gasteiger partial charge in [0.1, 0.15) is 0 Å². The highest BCUT2D eigenvalue weighted by Crippen LogP contribution is 2.34. The molecule has 1 fully saturated rings. The van der Waals surface area contributed by atoms with Crippen molar-refractivity contribution < 1.29 is 4.79 Å². The van der Waals surface area contributed by atoms with Crippen LogP contribution in [0.3, 0.4) is 0 Å². The molecule has 0 spiro atoms. The van der Waals surface area contributed by atoms with E-state index in [-0.39, 0.29) is 6.03 Å². The molecule has 0 bridgehead atoms. The lowest BCUT2D eigenvalue weighted by Crippen LogP contribution is -2.38. The van der Waals surface area contributed by atoms with E-state index in [4.69, 9.17) is 0 Å². The third kappa shape index (κ3) is 4.07. The van der Waals surface area contributed by atoms with Crippen molar-refractivity contribution in [3.8, 4) is 11.1 Å². The first-order valence-electron chi connectivity index (χ1n) is 9.92. The number of rotatable bonds is 5. The second-order valence-corrected chi connectivity index (χ2v) is 8.63. The molecular formula is C24H26N4OS. The van der Waals surface area contributed by atoms with Crippen LogP contribution in [0.25, 0.3) is 11.1 Å². The van der Waals surface area contributed by atoms with E-state index in [9.17, 15) is 4.79 Å². The minimum absolute atomic E-state index is 0.134. The number of hydrazine groups is 3. The highest BCUT2D eigenvalue weighted by Gasteiger charge is 2.28. The highest BCUT2D eigenvalue weighted by molar-refractivity contribution is 7.98. The lowest BCUT2D eigenvalue weighted by molar-refractivity contribution is 0.214. The molecule has 0 unspecified atom stereocenters. The van der Waals surface area contributed by atoms with Gasteiger partial charge in [0.2, 0.25) is 0 Å².